The monoisotopic (exact) mass is 448 g/mol. The lowest BCUT2D eigenvalue weighted by atomic mass is 9.79. The number of fused-ring (bicyclic) bond motifs is 1. The van der Waals surface area contributed by atoms with Crippen LogP contribution in [-0.2, 0) is 0 Å². The summed E-state index contributed by atoms with van der Waals surface area (Å²) in [7, 11) is 0. The molecular formula is C26H29ClN4O. The van der Waals surface area contributed by atoms with Crippen molar-refractivity contribution < 1.29 is 4.79 Å². The molecule has 1 aliphatic heterocycles. The minimum atomic E-state index is -0.262. The van der Waals surface area contributed by atoms with Crippen molar-refractivity contribution in [3.8, 4) is 5.69 Å². The summed E-state index contributed by atoms with van der Waals surface area (Å²) in [6, 6.07) is 15.4. The number of hydrogen-bond donors (Lipinski definition) is 1. The average molecular weight is 449 g/mol. The smallest absolute Gasteiger partial charge is 0.271 e. The molecule has 32 heavy (non-hydrogen) atoms. The highest BCUT2D eigenvalue weighted by Crippen LogP contribution is 2.44. The van der Waals surface area contributed by atoms with Crippen molar-refractivity contribution in [2.24, 2.45) is 5.10 Å². The maximum atomic E-state index is 12.5. The van der Waals surface area contributed by atoms with Crippen LogP contribution in [-0.4, -0.2) is 28.8 Å². The Labute approximate surface area is 194 Å². The number of aromatic nitrogens is 1. The molecule has 0 radical (unpaired) electrons. The molecule has 1 amide bonds. The van der Waals surface area contributed by atoms with Gasteiger partial charge in [-0.2, -0.15) is 5.10 Å². The highest BCUT2D eigenvalue weighted by atomic mass is 35.5. The lowest BCUT2D eigenvalue weighted by Gasteiger charge is -2.47. The summed E-state index contributed by atoms with van der Waals surface area (Å²) >= 11 is 6.59. The number of nitrogens with zero attached hydrogens (tertiary/aromatic N) is 3. The quantitative estimate of drug-likeness (QED) is 0.384. The fraction of sp³-hybridized carbons (Fsp3) is 0.308. The second-order valence-corrected chi connectivity index (χ2v) is 9.34. The fourth-order valence-corrected chi connectivity index (χ4v) is 4.94. The van der Waals surface area contributed by atoms with Crippen LogP contribution < -0.4 is 10.3 Å². The first-order valence-electron chi connectivity index (χ1n) is 11.0. The van der Waals surface area contributed by atoms with Gasteiger partial charge in [-0.25, -0.2) is 5.43 Å². The summed E-state index contributed by atoms with van der Waals surface area (Å²) in [6.45, 7) is 9.91. The molecular weight excluding hydrogens is 420 g/mol. The maximum absolute atomic E-state index is 12.5. The van der Waals surface area contributed by atoms with Crippen LogP contribution in [0.3, 0.4) is 0 Å². The van der Waals surface area contributed by atoms with E-state index in [-0.39, 0.29) is 11.4 Å². The standard InChI is InChI=1S/C26H29ClN4O/c1-5-31-24-15-23(27)20(14-22(24)18(2)16-26(31,3)4)17-28-29-25(32)19-8-10-21(11-9-19)30-12-6-7-13-30/h6-15,17-18H,5,16H2,1-4H3,(H,29,32)/b28-17+. The summed E-state index contributed by atoms with van der Waals surface area (Å²) in [5, 5.41) is 4.79. The van der Waals surface area contributed by atoms with E-state index in [0.717, 1.165) is 24.2 Å². The zero-order valence-electron chi connectivity index (χ0n) is 19.0. The number of anilines is 1. The van der Waals surface area contributed by atoms with Gasteiger partial charge in [-0.3, -0.25) is 4.79 Å². The van der Waals surface area contributed by atoms with Crippen molar-refractivity contribution in [3.63, 3.8) is 0 Å². The lowest BCUT2D eigenvalue weighted by molar-refractivity contribution is 0.0955. The molecule has 0 spiro atoms. The van der Waals surface area contributed by atoms with Crippen molar-refractivity contribution in [2.75, 3.05) is 11.4 Å². The fourth-order valence-electron chi connectivity index (χ4n) is 4.74. The van der Waals surface area contributed by atoms with Gasteiger partial charge < -0.3 is 9.47 Å². The first kappa shape index (κ1) is 22.2. The summed E-state index contributed by atoms with van der Waals surface area (Å²) in [6.07, 6.45) is 6.62. The van der Waals surface area contributed by atoms with Crippen molar-refractivity contribution in [3.05, 3.63) is 82.6 Å². The molecule has 1 N–H and O–H groups in total. The van der Waals surface area contributed by atoms with Crippen LogP contribution >= 0.6 is 11.6 Å². The molecule has 6 heteroatoms. The normalized spacial score (nSPS) is 17.4. The zero-order chi connectivity index (χ0) is 22.9. The Bertz CT molecular complexity index is 1130. The first-order valence-corrected chi connectivity index (χ1v) is 11.4. The van der Waals surface area contributed by atoms with Crippen LogP contribution in [0.1, 0.15) is 61.5 Å². The lowest BCUT2D eigenvalue weighted by Crippen LogP contribution is -2.48. The number of hydrazone groups is 1. The molecule has 1 aromatic heterocycles. The first-order chi connectivity index (χ1) is 15.3. The van der Waals surface area contributed by atoms with Crippen molar-refractivity contribution in [2.45, 2.75) is 45.6 Å². The van der Waals surface area contributed by atoms with E-state index in [4.69, 9.17) is 11.6 Å². The van der Waals surface area contributed by atoms with E-state index in [1.807, 2.05) is 47.3 Å². The van der Waals surface area contributed by atoms with Crippen LogP contribution in [0.15, 0.2) is 66.0 Å². The Morgan fingerprint density at radius 2 is 1.91 bits per heavy atom. The number of hydrogen-bond acceptors (Lipinski definition) is 3. The van der Waals surface area contributed by atoms with E-state index >= 15 is 0 Å². The Balaban J connectivity index is 1.49. The third-order valence-corrected chi connectivity index (χ3v) is 6.55. The van der Waals surface area contributed by atoms with Gasteiger partial charge in [0.25, 0.3) is 5.91 Å². The molecule has 3 aromatic rings. The average Bonchev–Trinajstić information content (AvgIpc) is 3.29. The number of amides is 1. The number of carbonyl (C=O) groups excluding carboxylic acids is 1. The van der Waals surface area contributed by atoms with Crippen LogP contribution in [0.5, 0.6) is 0 Å². The third-order valence-electron chi connectivity index (χ3n) is 6.22. The van der Waals surface area contributed by atoms with E-state index in [2.05, 4.69) is 49.2 Å². The Morgan fingerprint density at radius 1 is 1.22 bits per heavy atom. The van der Waals surface area contributed by atoms with E-state index in [1.54, 1.807) is 18.3 Å². The number of rotatable bonds is 5. The molecule has 0 bridgehead atoms. The molecule has 166 valence electrons. The molecule has 5 nitrogen and oxygen atoms in total. The zero-order valence-corrected chi connectivity index (χ0v) is 19.7. The Hall–Kier alpha value is -3.05. The van der Waals surface area contributed by atoms with Crippen molar-refractivity contribution in [1.82, 2.24) is 9.99 Å². The minimum absolute atomic E-state index is 0.0883. The van der Waals surface area contributed by atoms with Gasteiger partial charge in [0.2, 0.25) is 0 Å². The van der Waals surface area contributed by atoms with E-state index in [1.165, 1.54) is 11.3 Å². The number of benzene rings is 2. The Morgan fingerprint density at radius 3 is 2.56 bits per heavy atom. The van der Waals surface area contributed by atoms with E-state index < -0.39 is 0 Å². The van der Waals surface area contributed by atoms with E-state index in [9.17, 15) is 4.79 Å². The highest BCUT2D eigenvalue weighted by molar-refractivity contribution is 6.33. The molecule has 1 aliphatic rings. The van der Waals surface area contributed by atoms with Gasteiger partial charge in [0, 0.05) is 47.0 Å². The second kappa shape index (κ2) is 8.83. The van der Waals surface area contributed by atoms with Crippen LogP contribution in [0.25, 0.3) is 5.69 Å². The number of nitrogens with one attached hydrogen (secondary N) is 1. The van der Waals surface area contributed by atoms with Gasteiger partial charge in [-0.1, -0.05) is 18.5 Å². The number of halogens is 1. The largest absolute Gasteiger partial charge is 0.366 e. The minimum Gasteiger partial charge on any atom is -0.366 e. The van der Waals surface area contributed by atoms with Crippen molar-refractivity contribution in [1.29, 1.82) is 0 Å². The topological polar surface area (TPSA) is 49.6 Å². The molecule has 1 unspecified atom stereocenters. The van der Waals surface area contributed by atoms with E-state index in [0.29, 0.717) is 16.5 Å². The van der Waals surface area contributed by atoms with Gasteiger partial charge in [0.1, 0.15) is 0 Å². The van der Waals surface area contributed by atoms with Crippen LogP contribution in [0.4, 0.5) is 5.69 Å². The molecule has 0 saturated heterocycles. The summed E-state index contributed by atoms with van der Waals surface area (Å²) in [4.78, 5) is 14.9. The predicted octanol–water partition coefficient (Wildman–Crippen LogP) is 6.01. The van der Waals surface area contributed by atoms with Crippen molar-refractivity contribution >= 4 is 29.4 Å². The highest BCUT2D eigenvalue weighted by Gasteiger charge is 2.35. The van der Waals surface area contributed by atoms with Gasteiger partial charge in [0.05, 0.1) is 11.2 Å². The van der Waals surface area contributed by atoms with Crippen LogP contribution in [0, 0.1) is 0 Å². The third kappa shape index (κ3) is 4.30. The molecule has 2 heterocycles. The van der Waals surface area contributed by atoms with Gasteiger partial charge in [0.15, 0.2) is 0 Å². The second-order valence-electron chi connectivity index (χ2n) is 8.93. The van der Waals surface area contributed by atoms with Gasteiger partial charge in [-0.05, 0) is 87.2 Å². The van der Waals surface area contributed by atoms with Gasteiger partial charge in [-0.15, -0.1) is 0 Å². The molecule has 0 fully saturated rings. The predicted molar refractivity (Wildman–Crippen MR) is 132 cm³/mol. The summed E-state index contributed by atoms with van der Waals surface area (Å²) < 4.78 is 1.99. The summed E-state index contributed by atoms with van der Waals surface area (Å²) in [5.41, 5.74) is 7.49. The van der Waals surface area contributed by atoms with Crippen LogP contribution in [0.2, 0.25) is 5.02 Å². The summed E-state index contributed by atoms with van der Waals surface area (Å²) in [5.74, 6) is 0.155. The Kier molecular flexibility index (Phi) is 6.11. The molecule has 4 rings (SSSR count). The molecule has 2 aromatic carbocycles. The molecule has 0 saturated carbocycles. The van der Waals surface area contributed by atoms with Gasteiger partial charge >= 0.3 is 0 Å². The molecule has 1 atom stereocenters. The molecule has 0 aliphatic carbocycles. The maximum Gasteiger partial charge on any atom is 0.271 e. The number of carbonyl (C=O) groups is 1. The SMILES string of the molecule is CCN1c2cc(Cl)c(/C=N/NC(=O)c3ccc(-n4cccc4)cc3)cc2C(C)CC1(C)C.